The number of aliphatic hydroxyl groups excluding tert-OH is 1. The van der Waals surface area contributed by atoms with Crippen LogP contribution in [0.3, 0.4) is 0 Å². The molecule has 1 aromatic heterocycles. The number of carbonyl (C=O) groups is 1. The van der Waals surface area contributed by atoms with Crippen molar-refractivity contribution in [2.24, 2.45) is 0 Å². The van der Waals surface area contributed by atoms with Gasteiger partial charge in [0.2, 0.25) is 5.91 Å². The zero-order chi connectivity index (χ0) is 13.5. The molecule has 0 fully saturated rings. The zero-order valence-corrected chi connectivity index (χ0v) is 11.8. The number of carbonyl (C=O) groups excluding carboxylic acids is 1. The summed E-state index contributed by atoms with van der Waals surface area (Å²) in [5.74, 6) is 0.182. The SMILES string of the molecule is CCC(CO)NC(=O)CSc1nncn1C(C)C. The summed E-state index contributed by atoms with van der Waals surface area (Å²) in [4.78, 5) is 11.6. The van der Waals surface area contributed by atoms with Crippen molar-refractivity contribution in [2.75, 3.05) is 12.4 Å². The molecule has 1 aromatic rings. The molecule has 0 bridgehead atoms. The third-order valence-corrected chi connectivity index (χ3v) is 3.46. The van der Waals surface area contributed by atoms with Gasteiger partial charge in [-0.15, -0.1) is 10.2 Å². The van der Waals surface area contributed by atoms with Crippen molar-refractivity contribution in [3.05, 3.63) is 6.33 Å². The Kier molecular flexibility index (Phi) is 6.14. The maximum Gasteiger partial charge on any atom is 0.230 e. The van der Waals surface area contributed by atoms with Gasteiger partial charge in [-0.3, -0.25) is 4.79 Å². The minimum Gasteiger partial charge on any atom is -0.394 e. The number of hydrogen-bond donors (Lipinski definition) is 2. The summed E-state index contributed by atoms with van der Waals surface area (Å²) in [6.07, 6.45) is 2.38. The van der Waals surface area contributed by atoms with Crippen LogP contribution in [0.1, 0.15) is 33.2 Å². The molecule has 0 aliphatic carbocycles. The van der Waals surface area contributed by atoms with E-state index in [0.29, 0.717) is 0 Å². The fraction of sp³-hybridized carbons (Fsp3) is 0.727. The van der Waals surface area contributed by atoms with Crippen LogP contribution in [0.25, 0.3) is 0 Å². The Labute approximate surface area is 111 Å². The van der Waals surface area contributed by atoms with Crippen molar-refractivity contribution < 1.29 is 9.90 Å². The van der Waals surface area contributed by atoms with E-state index in [1.807, 2.05) is 25.3 Å². The first-order chi connectivity index (χ1) is 8.58. The molecule has 1 heterocycles. The predicted molar refractivity (Wildman–Crippen MR) is 70.4 cm³/mol. The highest BCUT2D eigenvalue weighted by molar-refractivity contribution is 7.99. The predicted octanol–water partition coefficient (Wildman–Crippen LogP) is 0.838. The molecule has 0 aliphatic rings. The van der Waals surface area contributed by atoms with E-state index in [0.717, 1.165) is 11.6 Å². The summed E-state index contributed by atoms with van der Waals surface area (Å²) >= 11 is 1.35. The molecule has 0 spiro atoms. The van der Waals surface area contributed by atoms with Crippen LogP contribution >= 0.6 is 11.8 Å². The monoisotopic (exact) mass is 272 g/mol. The van der Waals surface area contributed by atoms with Gasteiger partial charge in [-0.25, -0.2) is 0 Å². The molecule has 1 amide bonds. The van der Waals surface area contributed by atoms with Gasteiger partial charge in [-0.05, 0) is 20.3 Å². The van der Waals surface area contributed by atoms with Crippen molar-refractivity contribution in [3.63, 3.8) is 0 Å². The van der Waals surface area contributed by atoms with Gasteiger partial charge in [0.15, 0.2) is 5.16 Å². The molecule has 0 saturated heterocycles. The average molecular weight is 272 g/mol. The molecule has 6 nitrogen and oxygen atoms in total. The van der Waals surface area contributed by atoms with E-state index in [2.05, 4.69) is 15.5 Å². The number of rotatable bonds is 7. The van der Waals surface area contributed by atoms with E-state index < -0.39 is 0 Å². The quantitative estimate of drug-likeness (QED) is 0.719. The van der Waals surface area contributed by atoms with Gasteiger partial charge >= 0.3 is 0 Å². The van der Waals surface area contributed by atoms with Crippen LogP contribution in [-0.4, -0.2) is 44.2 Å². The summed E-state index contributed by atoms with van der Waals surface area (Å²) in [7, 11) is 0. The Bertz CT molecular complexity index is 377. The summed E-state index contributed by atoms with van der Waals surface area (Å²) in [6.45, 7) is 5.96. The van der Waals surface area contributed by atoms with E-state index in [9.17, 15) is 4.79 Å². The molecule has 1 atom stereocenters. The van der Waals surface area contributed by atoms with Crippen LogP contribution in [0.4, 0.5) is 0 Å². The Hall–Kier alpha value is -1.08. The zero-order valence-electron chi connectivity index (χ0n) is 11.0. The van der Waals surface area contributed by atoms with Crippen molar-refractivity contribution in [1.82, 2.24) is 20.1 Å². The summed E-state index contributed by atoms with van der Waals surface area (Å²) in [6, 6.07) is 0.104. The number of aliphatic hydroxyl groups is 1. The van der Waals surface area contributed by atoms with Crippen molar-refractivity contribution in [2.45, 2.75) is 44.4 Å². The Morgan fingerprint density at radius 2 is 2.33 bits per heavy atom. The van der Waals surface area contributed by atoms with Crippen LogP contribution in [0.15, 0.2) is 11.5 Å². The van der Waals surface area contributed by atoms with Crippen LogP contribution < -0.4 is 5.32 Å². The summed E-state index contributed by atoms with van der Waals surface area (Å²) in [5.41, 5.74) is 0. The van der Waals surface area contributed by atoms with Crippen molar-refractivity contribution in [1.29, 1.82) is 0 Å². The lowest BCUT2D eigenvalue weighted by Gasteiger charge is -2.14. The summed E-state index contributed by atoms with van der Waals surface area (Å²) in [5, 5.41) is 20.3. The lowest BCUT2D eigenvalue weighted by Crippen LogP contribution is -2.38. The Morgan fingerprint density at radius 3 is 2.89 bits per heavy atom. The molecule has 1 unspecified atom stereocenters. The maximum absolute atomic E-state index is 11.6. The van der Waals surface area contributed by atoms with Gasteiger partial charge in [0, 0.05) is 6.04 Å². The molecule has 0 aliphatic heterocycles. The van der Waals surface area contributed by atoms with Crippen molar-refractivity contribution in [3.8, 4) is 0 Å². The third-order valence-electron chi connectivity index (χ3n) is 2.51. The molecular weight excluding hydrogens is 252 g/mol. The van der Waals surface area contributed by atoms with E-state index in [-0.39, 0.29) is 30.4 Å². The second kappa shape index (κ2) is 7.38. The van der Waals surface area contributed by atoms with E-state index >= 15 is 0 Å². The third kappa shape index (κ3) is 4.30. The lowest BCUT2D eigenvalue weighted by molar-refractivity contribution is -0.119. The number of aromatic nitrogens is 3. The molecule has 7 heteroatoms. The standard InChI is InChI=1S/C11H20N4O2S/c1-4-9(5-16)13-10(17)6-18-11-14-12-7-15(11)8(2)3/h7-9,16H,4-6H2,1-3H3,(H,13,17). The van der Waals surface area contributed by atoms with Crippen molar-refractivity contribution >= 4 is 17.7 Å². The summed E-state index contributed by atoms with van der Waals surface area (Å²) < 4.78 is 1.92. The molecule has 0 radical (unpaired) electrons. The van der Waals surface area contributed by atoms with Crippen LogP contribution in [0, 0.1) is 0 Å². The molecule has 18 heavy (non-hydrogen) atoms. The Balaban J connectivity index is 2.45. The smallest absolute Gasteiger partial charge is 0.230 e. The van der Waals surface area contributed by atoms with Gasteiger partial charge in [0.05, 0.1) is 18.4 Å². The fourth-order valence-electron chi connectivity index (χ4n) is 1.37. The molecule has 1 rings (SSSR count). The first-order valence-corrected chi connectivity index (χ1v) is 6.99. The molecule has 102 valence electrons. The van der Waals surface area contributed by atoms with Gasteiger partial charge in [-0.1, -0.05) is 18.7 Å². The Morgan fingerprint density at radius 1 is 1.61 bits per heavy atom. The first-order valence-electron chi connectivity index (χ1n) is 6.01. The maximum atomic E-state index is 11.6. The fourth-order valence-corrected chi connectivity index (χ4v) is 2.22. The van der Waals surface area contributed by atoms with Crippen LogP contribution in [-0.2, 0) is 4.79 Å². The molecular formula is C11H20N4O2S. The highest BCUT2D eigenvalue weighted by atomic mass is 32.2. The number of amides is 1. The van der Waals surface area contributed by atoms with Gasteiger partial charge in [0.1, 0.15) is 6.33 Å². The largest absolute Gasteiger partial charge is 0.394 e. The van der Waals surface area contributed by atoms with E-state index in [1.54, 1.807) is 6.33 Å². The minimum atomic E-state index is -0.166. The highest BCUT2D eigenvalue weighted by Crippen LogP contribution is 2.18. The highest BCUT2D eigenvalue weighted by Gasteiger charge is 2.12. The normalized spacial score (nSPS) is 12.7. The lowest BCUT2D eigenvalue weighted by atomic mass is 10.2. The molecule has 0 aromatic carbocycles. The topological polar surface area (TPSA) is 80.0 Å². The van der Waals surface area contributed by atoms with Gasteiger partial charge < -0.3 is 15.0 Å². The van der Waals surface area contributed by atoms with Gasteiger partial charge in [0.25, 0.3) is 0 Å². The second-order valence-electron chi connectivity index (χ2n) is 4.26. The first kappa shape index (κ1) is 15.0. The van der Waals surface area contributed by atoms with Gasteiger partial charge in [-0.2, -0.15) is 0 Å². The van der Waals surface area contributed by atoms with Crippen LogP contribution in [0.2, 0.25) is 0 Å². The average Bonchev–Trinajstić information content (AvgIpc) is 2.81. The molecule has 2 N–H and O–H groups in total. The molecule has 0 saturated carbocycles. The van der Waals surface area contributed by atoms with E-state index in [4.69, 9.17) is 5.11 Å². The number of nitrogens with zero attached hydrogens (tertiary/aromatic N) is 3. The second-order valence-corrected chi connectivity index (χ2v) is 5.20. The number of hydrogen-bond acceptors (Lipinski definition) is 5. The number of nitrogens with one attached hydrogen (secondary N) is 1. The minimum absolute atomic E-state index is 0.0327. The number of thioether (sulfide) groups is 1. The van der Waals surface area contributed by atoms with Crippen LogP contribution in [0.5, 0.6) is 0 Å². The van der Waals surface area contributed by atoms with E-state index in [1.165, 1.54) is 11.8 Å².